The summed E-state index contributed by atoms with van der Waals surface area (Å²) in [4.78, 5) is 0. The molecular weight excluding hydrogens is 416 g/mol. The van der Waals surface area contributed by atoms with E-state index in [4.69, 9.17) is 0 Å². The van der Waals surface area contributed by atoms with Gasteiger partial charge in [0.15, 0.2) is 0 Å². The van der Waals surface area contributed by atoms with E-state index in [0.717, 1.165) is 12.8 Å². The lowest BCUT2D eigenvalue weighted by Crippen LogP contribution is -2.24. The van der Waals surface area contributed by atoms with E-state index in [9.17, 15) is 10.2 Å². The molecule has 0 saturated carbocycles. The summed E-state index contributed by atoms with van der Waals surface area (Å²) in [6, 6.07) is 11.6. The monoisotopic (exact) mass is 460 g/mol. The molecule has 0 aromatic heterocycles. The summed E-state index contributed by atoms with van der Waals surface area (Å²) in [6.45, 7) is 22.5. The minimum atomic E-state index is -0.0137. The van der Waals surface area contributed by atoms with Gasteiger partial charge in [-0.1, -0.05) is 92.8 Å². The average molecular weight is 461 g/mol. The molecule has 0 aliphatic heterocycles. The predicted octanol–water partition coefficient (Wildman–Crippen LogP) is 9.01. The number of aromatic hydroxyl groups is 2. The summed E-state index contributed by atoms with van der Waals surface area (Å²) in [5, 5.41) is 20.7. The smallest absolute Gasteiger partial charge is 0.123 e. The van der Waals surface area contributed by atoms with Gasteiger partial charge in [-0.25, -0.2) is 0 Å². The molecule has 2 N–H and O–H groups in total. The van der Waals surface area contributed by atoms with Gasteiger partial charge in [0.2, 0.25) is 0 Å². The first kappa shape index (κ1) is 27.6. The average Bonchev–Trinajstić information content (AvgIpc) is 2.63. The van der Waals surface area contributed by atoms with E-state index in [-0.39, 0.29) is 33.2 Å². The van der Waals surface area contributed by atoms with Crippen molar-refractivity contribution >= 4 is 12.2 Å². The quantitative estimate of drug-likeness (QED) is 0.422. The Morgan fingerprint density at radius 1 is 0.588 bits per heavy atom. The SMILES string of the molecule is CC(C)(C)CC(C)(C)c1ccc(O)c(C=C=C=Cc2cc(C(C)(C)CC(C)(C)C)ccc2O)c1. The van der Waals surface area contributed by atoms with Crippen molar-refractivity contribution in [2.75, 3.05) is 0 Å². The number of phenolic OH excluding ortho intramolecular Hbond substituents is 2. The van der Waals surface area contributed by atoms with Crippen molar-refractivity contribution in [2.45, 2.75) is 92.9 Å². The van der Waals surface area contributed by atoms with Gasteiger partial charge in [-0.3, -0.25) is 0 Å². The minimum absolute atomic E-state index is 0.0137. The Bertz CT molecular complexity index is 1020. The van der Waals surface area contributed by atoms with Crippen molar-refractivity contribution in [2.24, 2.45) is 10.8 Å². The highest BCUT2D eigenvalue weighted by Gasteiger charge is 2.28. The fourth-order valence-corrected chi connectivity index (χ4v) is 5.28. The molecule has 0 aliphatic rings. The van der Waals surface area contributed by atoms with Gasteiger partial charge in [-0.05, 0) is 82.0 Å². The molecule has 0 bridgehead atoms. The molecule has 2 aromatic rings. The fraction of sp³-hybridized carbons (Fsp3) is 0.500. The normalized spacial score (nSPS) is 12.6. The van der Waals surface area contributed by atoms with E-state index in [2.05, 4.69) is 80.7 Å². The summed E-state index contributed by atoms with van der Waals surface area (Å²) >= 11 is 0. The second kappa shape index (κ2) is 9.91. The predicted molar refractivity (Wildman–Crippen MR) is 146 cm³/mol. The Hall–Kier alpha value is -2.66. The maximum Gasteiger partial charge on any atom is 0.123 e. The van der Waals surface area contributed by atoms with Gasteiger partial charge in [0.05, 0.1) is 0 Å². The van der Waals surface area contributed by atoms with Crippen LogP contribution in [-0.4, -0.2) is 10.2 Å². The Morgan fingerprint density at radius 3 is 1.21 bits per heavy atom. The Labute approximate surface area is 207 Å². The largest absolute Gasteiger partial charge is 0.507 e. The number of phenols is 2. The Morgan fingerprint density at radius 2 is 0.912 bits per heavy atom. The highest BCUT2D eigenvalue weighted by atomic mass is 16.3. The lowest BCUT2D eigenvalue weighted by Gasteiger charge is -2.33. The molecule has 2 rings (SSSR count). The molecule has 2 heteroatoms. The molecule has 0 fully saturated rings. The van der Waals surface area contributed by atoms with Crippen molar-refractivity contribution in [3.63, 3.8) is 0 Å². The standard InChI is InChI=1S/C32H44O2/c1-29(2,3)21-31(7,8)25-15-17-27(33)23(19-25)13-11-12-14-24-20-26(16-18-28(24)34)32(9,10)22-30(4,5)6/h13-20,33-34H,21-22H2,1-10H3. The van der Waals surface area contributed by atoms with Crippen molar-refractivity contribution in [3.05, 3.63) is 70.1 Å². The molecule has 0 amide bonds. The first-order valence-electron chi connectivity index (χ1n) is 12.2. The Kier molecular flexibility index (Phi) is 8.04. The second-order valence-electron chi connectivity index (χ2n) is 13.4. The van der Waals surface area contributed by atoms with E-state index in [1.807, 2.05) is 24.3 Å². The molecule has 184 valence electrons. The van der Waals surface area contributed by atoms with Crippen LogP contribution in [0.3, 0.4) is 0 Å². The van der Waals surface area contributed by atoms with Gasteiger partial charge in [0.25, 0.3) is 0 Å². The zero-order valence-electron chi connectivity index (χ0n) is 22.9. The van der Waals surface area contributed by atoms with Gasteiger partial charge in [-0.15, -0.1) is 0 Å². The zero-order chi connectivity index (χ0) is 25.9. The van der Waals surface area contributed by atoms with Crippen LogP contribution in [0.25, 0.3) is 12.2 Å². The van der Waals surface area contributed by atoms with E-state index < -0.39 is 0 Å². The van der Waals surface area contributed by atoms with Crippen LogP contribution in [0.4, 0.5) is 0 Å². The van der Waals surface area contributed by atoms with Crippen LogP contribution in [0, 0.1) is 10.8 Å². The fourth-order valence-electron chi connectivity index (χ4n) is 5.28. The molecule has 34 heavy (non-hydrogen) atoms. The van der Waals surface area contributed by atoms with Gasteiger partial charge in [0, 0.05) is 11.1 Å². The van der Waals surface area contributed by atoms with E-state index in [1.54, 1.807) is 24.3 Å². The highest BCUT2D eigenvalue weighted by molar-refractivity contribution is 5.61. The lowest BCUT2D eigenvalue weighted by molar-refractivity contribution is 0.283. The van der Waals surface area contributed by atoms with Gasteiger partial charge in [0.1, 0.15) is 11.5 Å². The summed E-state index contributed by atoms with van der Waals surface area (Å²) < 4.78 is 0. The molecule has 0 spiro atoms. The zero-order valence-corrected chi connectivity index (χ0v) is 22.9. The topological polar surface area (TPSA) is 40.5 Å². The van der Waals surface area contributed by atoms with Crippen LogP contribution >= 0.6 is 0 Å². The molecule has 2 aromatic carbocycles. The van der Waals surface area contributed by atoms with E-state index in [1.165, 1.54) is 11.1 Å². The number of hydrogen-bond acceptors (Lipinski definition) is 2. The van der Waals surface area contributed by atoms with Crippen LogP contribution in [0.15, 0.2) is 47.9 Å². The molecule has 0 saturated heterocycles. The van der Waals surface area contributed by atoms with Crippen molar-refractivity contribution in [1.29, 1.82) is 0 Å². The third-order valence-corrected chi connectivity index (χ3v) is 6.10. The summed E-state index contributed by atoms with van der Waals surface area (Å²) in [6.07, 6.45) is 5.55. The highest BCUT2D eigenvalue weighted by Crippen LogP contribution is 2.39. The number of benzene rings is 2. The number of rotatable bonds is 6. The van der Waals surface area contributed by atoms with E-state index >= 15 is 0 Å². The van der Waals surface area contributed by atoms with Crippen molar-refractivity contribution in [1.82, 2.24) is 0 Å². The molecule has 0 aliphatic carbocycles. The second-order valence-corrected chi connectivity index (χ2v) is 13.4. The van der Waals surface area contributed by atoms with Crippen LogP contribution in [0.2, 0.25) is 0 Å². The van der Waals surface area contributed by atoms with E-state index in [0.29, 0.717) is 11.1 Å². The van der Waals surface area contributed by atoms with Crippen LogP contribution in [-0.2, 0) is 10.8 Å². The molecule has 2 nitrogen and oxygen atoms in total. The molecule has 0 heterocycles. The third kappa shape index (κ3) is 7.98. The maximum atomic E-state index is 10.4. The van der Waals surface area contributed by atoms with Crippen LogP contribution in [0.5, 0.6) is 11.5 Å². The van der Waals surface area contributed by atoms with Gasteiger partial charge < -0.3 is 10.2 Å². The molecule has 0 unspecified atom stereocenters. The first-order valence-corrected chi connectivity index (χ1v) is 12.2. The maximum absolute atomic E-state index is 10.4. The first-order chi connectivity index (χ1) is 15.4. The lowest BCUT2D eigenvalue weighted by atomic mass is 9.72. The van der Waals surface area contributed by atoms with Crippen LogP contribution < -0.4 is 0 Å². The Balaban J connectivity index is 2.37. The molecule has 0 atom stereocenters. The van der Waals surface area contributed by atoms with Gasteiger partial charge in [-0.2, -0.15) is 0 Å². The summed E-state index contributed by atoms with van der Waals surface area (Å²) in [5.41, 5.74) is 10.3. The third-order valence-electron chi connectivity index (χ3n) is 6.10. The number of hydrogen-bond donors (Lipinski definition) is 2. The summed E-state index contributed by atoms with van der Waals surface area (Å²) in [5.74, 6) is 0.441. The molecular formula is C32H44O2. The van der Waals surface area contributed by atoms with Crippen molar-refractivity contribution in [3.8, 4) is 11.5 Å². The van der Waals surface area contributed by atoms with Crippen molar-refractivity contribution < 1.29 is 10.2 Å². The van der Waals surface area contributed by atoms with Crippen LogP contribution in [0.1, 0.15) is 104 Å². The minimum Gasteiger partial charge on any atom is -0.507 e. The molecule has 0 radical (unpaired) electrons. The van der Waals surface area contributed by atoms with Gasteiger partial charge >= 0.3 is 0 Å². The summed E-state index contributed by atoms with van der Waals surface area (Å²) in [7, 11) is 0.